The van der Waals surface area contributed by atoms with Crippen molar-refractivity contribution in [2.24, 2.45) is 0 Å². The van der Waals surface area contributed by atoms with Crippen LogP contribution in [0.2, 0.25) is 0 Å². The van der Waals surface area contributed by atoms with Crippen LogP contribution in [0.4, 0.5) is 0 Å². The molecule has 3 nitrogen and oxygen atoms in total. The van der Waals surface area contributed by atoms with Crippen LogP contribution in [-0.4, -0.2) is 15.8 Å². The molecule has 0 amide bonds. The molecule has 0 atom stereocenters. The summed E-state index contributed by atoms with van der Waals surface area (Å²) in [6.07, 6.45) is 4.48. The fourth-order valence-electron chi connectivity index (χ4n) is 1.19. The topological polar surface area (TPSA) is 42.9 Å². The molecular weight excluding hydrogens is 196 g/mol. The van der Waals surface area contributed by atoms with Gasteiger partial charge in [0.25, 0.3) is 0 Å². The van der Waals surface area contributed by atoms with Gasteiger partial charge in [0.05, 0.1) is 5.56 Å². The number of nitrogens with zero attached hydrogens (tertiary/aromatic N) is 2. The van der Waals surface area contributed by atoms with Crippen LogP contribution in [0.3, 0.4) is 0 Å². The Morgan fingerprint density at radius 3 is 2.64 bits per heavy atom. The first-order valence-corrected chi connectivity index (χ1v) is 5.01. The summed E-state index contributed by atoms with van der Waals surface area (Å²) in [6.45, 7) is 1.93. The molecular formula is C10H8N2OS. The van der Waals surface area contributed by atoms with Gasteiger partial charge in [-0.25, -0.2) is 9.97 Å². The summed E-state index contributed by atoms with van der Waals surface area (Å²) in [5, 5.41) is 1.91. The molecule has 0 aromatic carbocycles. The SMILES string of the molecule is Cc1sccc1C(=O)c1cncnc1. The lowest BCUT2D eigenvalue weighted by molar-refractivity contribution is 0.103. The van der Waals surface area contributed by atoms with Gasteiger partial charge in [-0.2, -0.15) is 0 Å². The highest BCUT2D eigenvalue weighted by molar-refractivity contribution is 7.10. The normalized spacial score (nSPS) is 10.1. The van der Waals surface area contributed by atoms with E-state index < -0.39 is 0 Å². The van der Waals surface area contributed by atoms with Gasteiger partial charge in [0.2, 0.25) is 0 Å². The molecule has 0 radical (unpaired) electrons. The zero-order chi connectivity index (χ0) is 9.97. The highest BCUT2D eigenvalue weighted by Gasteiger charge is 2.12. The van der Waals surface area contributed by atoms with Gasteiger partial charge < -0.3 is 0 Å². The lowest BCUT2D eigenvalue weighted by atomic mass is 10.1. The van der Waals surface area contributed by atoms with Crippen molar-refractivity contribution in [1.82, 2.24) is 9.97 Å². The van der Waals surface area contributed by atoms with Gasteiger partial charge in [-0.1, -0.05) is 0 Å². The summed E-state index contributed by atoms with van der Waals surface area (Å²) >= 11 is 1.57. The first-order chi connectivity index (χ1) is 6.79. The standard InChI is InChI=1S/C10H8N2OS/c1-7-9(2-3-14-7)10(13)8-4-11-6-12-5-8/h2-6H,1H3. The van der Waals surface area contributed by atoms with Crippen LogP contribution in [-0.2, 0) is 0 Å². The Kier molecular flexibility index (Phi) is 2.37. The van der Waals surface area contributed by atoms with Crippen LogP contribution < -0.4 is 0 Å². The Labute approximate surface area is 85.5 Å². The fourth-order valence-corrected chi connectivity index (χ4v) is 1.89. The molecule has 0 saturated heterocycles. The van der Waals surface area contributed by atoms with Crippen molar-refractivity contribution in [3.05, 3.63) is 46.2 Å². The minimum Gasteiger partial charge on any atom is -0.288 e. The van der Waals surface area contributed by atoms with Gasteiger partial charge in [0.1, 0.15) is 6.33 Å². The van der Waals surface area contributed by atoms with E-state index in [4.69, 9.17) is 0 Å². The second-order valence-corrected chi connectivity index (χ2v) is 3.97. The second-order valence-electron chi connectivity index (χ2n) is 2.85. The summed E-state index contributed by atoms with van der Waals surface area (Å²) in [7, 11) is 0. The number of thiophene rings is 1. The average Bonchev–Trinajstić information content (AvgIpc) is 2.65. The number of hydrogen-bond donors (Lipinski definition) is 0. The molecule has 0 spiro atoms. The molecule has 2 aromatic heterocycles. The molecule has 0 aliphatic carbocycles. The van der Waals surface area contributed by atoms with E-state index in [-0.39, 0.29) is 5.78 Å². The summed E-state index contributed by atoms with van der Waals surface area (Å²) < 4.78 is 0. The lowest BCUT2D eigenvalue weighted by Crippen LogP contribution is -2.02. The maximum absolute atomic E-state index is 11.9. The van der Waals surface area contributed by atoms with E-state index in [1.54, 1.807) is 11.3 Å². The Balaban J connectivity index is 2.39. The zero-order valence-electron chi connectivity index (χ0n) is 7.60. The van der Waals surface area contributed by atoms with Crippen LogP contribution in [0.1, 0.15) is 20.8 Å². The predicted octanol–water partition coefficient (Wildman–Crippen LogP) is 2.08. The molecule has 2 aromatic rings. The van der Waals surface area contributed by atoms with E-state index in [0.29, 0.717) is 5.56 Å². The first-order valence-electron chi connectivity index (χ1n) is 4.13. The highest BCUT2D eigenvalue weighted by atomic mass is 32.1. The van der Waals surface area contributed by atoms with E-state index >= 15 is 0 Å². The monoisotopic (exact) mass is 204 g/mol. The molecule has 2 rings (SSSR count). The van der Waals surface area contributed by atoms with Gasteiger partial charge in [-0.3, -0.25) is 4.79 Å². The Bertz CT molecular complexity index is 450. The third-order valence-electron chi connectivity index (χ3n) is 1.93. The van der Waals surface area contributed by atoms with Gasteiger partial charge >= 0.3 is 0 Å². The highest BCUT2D eigenvalue weighted by Crippen LogP contribution is 2.18. The van der Waals surface area contributed by atoms with Crippen molar-refractivity contribution in [3.8, 4) is 0 Å². The van der Waals surface area contributed by atoms with Gasteiger partial charge in [-0.15, -0.1) is 11.3 Å². The van der Waals surface area contributed by atoms with E-state index in [0.717, 1.165) is 10.4 Å². The zero-order valence-corrected chi connectivity index (χ0v) is 8.41. The smallest absolute Gasteiger partial charge is 0.197 e. The van der Waals surface area contributed by atoms with Crippen LogP contribution >= 0.6 is 11.3 Å². The summed E-state index contributed by atoms with van der Waals surface area (Å²) in [5.74, 6) is -0.00986. The fraction of sp³-hybridized carbons (Fsp3) is 0.100. The van der Waals surface area contributed by atoms with Crippen LogP contribution in [0.5, 0.6) is 0 Å². The summed E-state index contributed by atoms with van der Waals surface area (Å²) in [6, 6.07) is 1.83. The minimum absolute atomic E-state index is 0.00986. The first kappa shape index (κ1) is 9.02. The molecule has 0 aliphatic rings. The molecule has 0 saturated carbocycles. The third kappa shape index (κ3) is 1.56. The van der Waals surface area contributed by atoms with E-state index in [1.165, 1.54) is 18.7 Å². The van der Waals surface area contributed by atoms with E-state index in [1.807, 2.05) is 18.4 Å². The quantitative estimate of drug-likeness (QED) is 0.703. The van der Waals surface area contributed by atoms with E-state index in [9.17, 15) is 4.79 Å². The number of carbonyl (C=O) groups excluding carboxylic acids is 1. The van der Waals surface area contributed by atoms with Crippen LogP contribution in [0.15, 0.2) is 30.2 Å². The number of carbonyl (C=O) groups is 1. The predicted molar refractivity (Wildman–Crippen MR) is 54.5 cm³/mol. The van der Waals surface area contributed by atoms with Crippen molar-refractivity contribution in [2.75, 3.05) is 0 Å². The molecule has 70 valence electrons. The number of rotatable bonds is 2. The lowest BCUT2D eigenvalue weighted by Gasteiger charge is -1.97. The van der Waals surface area contributed by atoms with E-state index in [2.05, 4.69) is 9.97 Å². The van der Waals surface area contributed by atoms with Gasteiger partial charge in [0, 0.05) is 22.8 Å². The number of hydrogen-bond acceptors (Lipinski definition) is 4. The van der Waals surface area contributed by atoms with Gasteiger partial charge in [-0.05, 0) is 18.4 Å². The largest absolute Gasteiger partial charge is 0.288 e. The molecule has 0 unspecified atom stereocenters. The summed E-state index contributed by atoms with van der Waals surface area (Å²) in [4.78, 5) is 20.5. The molecule has 0 bridgehead atoms. The molecule has 0 N–H and O–H groups in total. The maximum atomic E-state index is 11.9. The van der Waals surface area contributed by atoms with Crippen molar-refractivity contribution in [1.29, 1.82) is 0 Å². The Morgan fingerprint density at radius 2 is 2.07 bits per heavy atom. The molecule has 0 aliphatic heterocycles. The maximum Gasteiger partial charge on any atom is 0.197 e. The van der Waals surface area contributed by atoms with Gasteiger partial charge in [0.15, 0.2) is 5.78 Å². The van der Waals surface area contributed by atoms with Crippen molar-refractivity contribution in [3.63, 3.8) is 0 Å². The molecule has 2 heterocycles. The summed E-state index contributed by atoms with van der Waals surface area (Å²) in [5.41, 5.74) is 1.28. The van der Waals surface area contributed by atoms with Crippen LogP contribution in [0, 0.1) is 6.92 Å². The minimum atomic E-state index is -0.00986. The van der Waals surface area contributed by atoms with Crippen LogP contribution in [0.25, 0.3) is 0 Å². The van der Waals surface area contributed by atoms with Crippen molar-refractivity contribution in [2.45, 2.75) is 6.92 Å². The number of aryl methyl sites for hydroxylation is 1. The molecule has 0 fully saturated rings. The average molecular weight is 204 g/mol. The van der Waals surface area contributed by atoms with Crippen molar-refractivity contribution >= 4 is 17.1 Å². The Morgan fingerprint density at radius 1 is 1.36 bits per heavy atom. The second kappa shape index (κ2) is 3.67. The molecule has 4 heteroatoms. The number of aromatic nitrogens is 2. The third-order valence-corrected chi connectivity index (χ3v) is 2.77. The van der Waals surface area contributed by atoms with Crippen molar-refractivity contribution < 1.29 is 4.79 Å². The number of ketones is 1. The Hall–Kier alpha value is -1.55. The molecule has 14 heavy (non-hydrogen) atoms.